The summed E-state index contributed by atoms with van der Waals surface area (Å²) in [7, 11) is 0. The molecule has 1 heterocycles. The third-order valence-electron chi connectivity index (χ3n) is 6.16. The van der Waals surface area contributed by atoms with E-state index in [0.717, 1.165) is 23.5 Å². The Bertz CT molecular complexity index is 841. The van der Waals surface area contributed by atoms with Gasteiger partial charge in [0.25, 0.3) is 0 Å². The number of ether oxygens (including phenoxy) is 1. The highest BCUT2D eigenvalue weighted by molar-refractivity contribution is 6.06. The summed E-state index contributed by atoms with van der Waals surface area (Å²) < 4.78 is 6.32. The third kappa shape index (κ3) is 2.65. The molecule has 0 radical (unpaired) electrons. The van der Waals surface area contributed by atoms with Crippen LogP contribution in [-0.2, 0) is 14.3 Å². The van der Waals surface area contributed by atoms with E-state index in [1.165, 1.54) is 0 Å². The maximum atomic E-state index is 13.1. The van der Waals surface area contributed by atoms with Crippen LogP contribution in [0.25, 0.3) is 0 Å². The first kappa shape index (κ1) is 17.3. The van der Waals surface area contributed by atoms with Crippen LogP contribution in [0.5, 0.6) is 0 Å². The number of ketones is 2. The molecule has 0 amide bonds. The van der Waals surface area contributed by atoms with Crippen molar-refractivity contribution in [3.05, 3.63) is 58.6 Å². The van der Waals surface area contributed by atoms with Crippen molar-refractivity contribution < 1.29 is 14.3 Å². The third-order valence-corrected chi connectivity index (χ3v) is 6.16. The Kier molecular flexibility index (Phi) is 3.94. The predicted molar refractivity (Wildman–Crippen MR) is 100 cm³/mol. The minimum absolute atomic E-state index is 0.108. The van der Waals surface area contributed by atoms with Gasteiger partial charge >= 0.3 is 0 Å². The molecule has 0 N–H and O–H groups in total. The lowest BCUT2D eigenvalue weighted by atomic mass is 9.66. The average Bonchev–Trinajstić information content (AvgIpc) is 2.57. The molecule has 3 unspecified atom stereocenters. The molecule has 3 heteroatoms. The summed E-state index contributed by atoms with van der Waals surface area (Å²) in [5, 5.41) is 0. The first-order valence-electron chi connectivity index (χ1n) is 9.55. The van der Waals surface area contributed by atoms with Gasteiger partial charge in [-0.05, 0) is 16.9 Å². The Balaban J connectivity index is 1.93. The second-order valence-corrected chi connectivity index (χ2v) is 8.89. The lowest BCUT2D eigenvalue weighted by Gasteiger charge is -2.42. The Morgan fingerprint density at radius 1 is 0.962 bits per heavy atom. The molecule has 3 nitrogen and oxygen atoms in total. The molecule has 1 aliphatic heterocycles. The van der Waals surface area contributed by atoms with E-state index in [1.807, 2.05) is 30.3 Å². The van der Waals surface area contributed by atoms with Gasteiger partial charge in [-0.3, -0.25) is 9.59 Å². The van der Waals surface area contributed by atoms with Crippen molar-refractivity contribution in [1.29, 1.82) is 0 Å². The smallest absolute Gasteiger partial charge is 0.163 e. The van der Waals surface area contributed by atoms with Gasteiger partial charge in [0.05, 0.1) is 0 Å². The summed E-state index contributed by atoms with van der Waals surface area (Å²) in [6.07, 6.45) is 1.76. The molecule has 3 aliphatic rings. The molecule has 3 atom stereocenters. The molecule has 0 saturated heterocycles. The summed E-state index contributed by atoms with van der Waals surface area (Å²) >= 11 is 0. The Morgan fingerprint density at radius 3 is 2.35 bits per heavy atom. The zero-order valence-electron chi connectivity index (χ0n) is 16.0. The SMILES string of the molecule is CC1CC(=O)C2=C(OC3=C(C(=O)CC(C)(C)C3)C2c2ccccc2)C1C. The van der Waals surface area contributed by atoms with Gasteiger partial charge in [-0.2, -0.15) is 0 Å². The zero-order chi connectivity index (χ0) is 18.6. The summed E-state index contributed by atoms with van der Waals surface area (Å²) in [5.41, 5.74) is 2.33. The van der Waals surface area contributed by atoms with Crippen molar-refractivity contribution in [2.45, 2.75) is 52.9 Å². The standard InChI is InChI=1S/C23H26O3/c1-13-10-16(24)21-19(15-8-6-5-7-9-15)20-17(25)11-23(3,4)12-18(20)26-22(21)14(13)2/h5-9,13-14,19H,10-12H2,1-4H3. The first-order valence-corrected chi connectivity index (χ1v) is 9.55. The largest absolute Gasteiger partial charge is 0.465 e. The predicted octanol–water partition coefficient (Wildman–Crippen LogP) is 4.94. The fourth-order valence-electron chi connectivity index (χ4n) is 4.62. The summed E-state index contributed by atoms with van der Waals surface area (Å²) in [6, 6.07) is 9.96. The van der Waals surface area contributed by atoms with E-state index in [0.29, 0.717) is 24.0 Å². The first-order chi connectivity index (χ1) is 12.3. The van der Waals surface area contributed by atoms with Crippen LogP contribution < -0.4 is 0 Å². The van der Waals surface area contributed by atoms with E-state index in [1.54, 1.807) is 0 Å². The van der Waals surface area contributed by atoms with E-state index in [9.17, 15) is 9.59 Å². The van der Waals surface area contributed by atoms with Crippen LogP contribution in [0.3, 0.4) is 0 Å². The van der Waals surface area contributed by atoms with Crippen molar-refractivity contribution in [3.63, 3.8) is 0 Å². The highest BCUT2D eigenvalue weighted by Crippen LogP contribution is 2.52. The molecule has 2 aliphatic carbocycles. The molecule has 1 aromatic carbocycles. The number of rotatable bonds is 1. The zero-order valence-corrected chi connectivity index (χ0v) is 16.0. The molecule has 0 aromatic heterocycles. The van der Waals surface area contributed by atoms with Gasteiger partial charge in [0.15, 0.2) is 11.6 Å². The highest BCUT2D eigenvalue weighted by Gasteiger charge is 2.47. The Morgan fingerprint density at radius 2 is 1.65 bits per heavy atom. The van der Waals surface area contributed by atoms with E-state index < -0.39 is 0 Å². The summed E-state index contributed by atoms with van der Waals surface area (Å²) in [5.74, 6) is 2.00. The van der Waals surface area contributed by atoms with Crippen LogP contribution in [-0.4, -0.2) is 11.6 Å². The Labute approximate surface area is 155 Å². The lowest BCUT2D eigenvalue weighted by molar-refractivity contribution is -0.120. The molecule has 0 fully saturated rings. The quantitative estimate of drug-likeness (QED) is 0.720. The number of benzene rings is 1. The van der Waals surface area contributed by atoms with Gasteiger partial charge in [-0.25, -0.2) is 0 Å². The molecule has 4 rings (SSSR count). The summed E-state index contributed by atoms with van der Waals surface area (Å²) in [6.45, 7) is 8.46. The molecule has 0 spiro atoms. The minimum atomic E-state index is -0.277. The maximum absolute atomic E-state index is 13.1. The van der Waals surface area contributed by atoms with Crippen LogP contribution in [0.1, 0.15) is 58.4 Å². The average molecular weight is 350 g/mol. The normalized spacial score (nSPS) is 30.7. The second kappa shape index (κ2) is 5.94. The van der Waals surface area contributed by atoms with Crippen LogP contribution >= 0.6 is 0 Å². The maximum Gasteiger partial charge on any atom is 0.163 e. The van der Waals surface area contributed by atoms with E-state index >= 15 is 0 Å². The number of carbonyl (C=O) groups excluding carboxylic acids is 2. The molecular weight excluding hydrogens is 324 g/mol. The van der Waals surface area contributed by atoms with Gasteiger partial charge in [0.2, 0.25) is 0 Å². The second-order valence-electron chi connectivity index (χ2n) is 8.89. The lowest BCUT2D eigenvalue weighted by Crippen LogP contribution is -2.38. The fraction of sp³-hybridized carbons (Fsp3) is 0.478. The fourth-order valence-corrected chi connectivity index (χ4v) is 4.62. The van der Waals surface area contributed by atoms with E-state index in [2.05, 4.69) is 27.7 Å². The molecule has 0 saturated carbocycles. The number of carbonyl (C=O) groups is 2. The Hall–Kier alpha value is -2.16. The topological polar surface area (TPSA) is 43.4 Å². The van der Waals surface area contributed by atoms with Gasteiger partial charge in [0, 0.05) is 42.2 Å². The molecule has 1 aromatic rings. The molecule has 0 bridgehead atoms. The van der Waals surface area contributed by atoms with Crippen LogP contribution in [0.2, 0.25) is 0 Å². The summed E-state index contributed by atoms with van der Waals surface area (Å²) in [4.78, 5) is 26.1. The van der Waals surface area contributed by atoms with Crippen molar-refractivity contribution in [3.8, 4) is 0 Å². The minimum Gasteiger partial charge on any atom is -0.465 e. The number of hydrogen-bond acceptors (Lipinski definition) is 3. The van der Waals surface area contributed by atoms with Gasteiger partial charge in [-0.15, -0.1) is 0 Å². The van der Waals surface area contributed by atoms with Crippen molar-refractivity contribution >= 4 is 11.6 Å². The number of hydrogen-bond donors (Lipinski definition) is 0. The number of Topliss-reactive ketones (excluding diaryl/α,β-unsaturated/α-hetero) is 2. The van der Waals surface area contributed by atoms with Gasteiger partial charge in [0.1, 0.15) is 11.5 Å². The van der Waals surface area contributed by atoms with E-state index in [4.69, 9.17) is 4.74 Å². The molecule has 26 heavy (non-hydrogen) atoms. The molecular formula is C23H26O3. The van der Waals surface area contributed by atoms with Gasteiger partial charge < -0.3 is 4.74 Å². The van der Waals surface area contributed by atoms with Crippen LogP contribution in [0, 0.1) is 17.3 Å². The van der Waals surface area contributed by atoms with Crippen LogP contribution in [0.15, 0.2) is 53.0 Å². The van der Waals surface area contributed by atoms with E-state index in [-0.39, 0.29) is 34.7 Å². The van der Waals surface area contributed by atoms with Gasteiger partial charge in [-0.1, -0.05) is 58.0 Å². The van der Waals surface area contributed by atoms with Crippen molar-refractivity contribution in [2.24, 2.45) is 17.3 Å². The molecule has 136 valence electrons. The highest BCUT2D eigenvalue weighted by atomic mass is 16.5. The van der Waals surface area contributed by atoms with Crippen LogP contribution in [0.4, 0.5) is 0 Å². The number of allylic oxidation sites excluding steroid dienone is 4. The van der Waals surface area contributed by atoms with Crippen molar-refractivity contribution in [2.75, 3.05) is 0 Å². The van der Waals surface area contributed by atoms with Crippen molar-refractivity contribution in [1.82, 2.24) is 0 Å². The monoisotopic (exact) mass is 350 g/mol.